The Morgan fingerprint density at radius 3 is 1.65 bits per heavy atom. The number of pyridine rings is 1. The third-order valence-corrected chi connectivity index (χ3v) is 9.46. The molecule has 0 N–H and O–H groups in total. The molecule has 0 fully saturated rings. The van der Waals surface area contributed by atoms with Gasteiger partial charge < -0.3 is 4.90 Å². The van der Waals surface area contributed by atoms with Gasteiger partial charge in [-0.05, 0) is 85.7 Å². The van der Waals surface area contributed by atoms with E-state index in [1.807, 2.05) is 6.20 Å². The molecule has 0 aliphatic carbocycles. The van der Waals surface area contributed by atoms with E-state index in [1.54, 1.807) is 0 Å². The van der Waals surface area contributed by atoms with Gasteiger partial charge in [0.15, 0.2) is 0 Å². The van der Waals surface area contributed by atoms with Crippen molar-refractivity contribution in [2.45, 2.75) is 33.1 Å². The molecule has 0 radical (unpaired) electrons. The van der Waals surface area contributed by atoms with Crippen molar-refractivity contribution in [3.05, 3.63) is 190 Å². The largest absolute Gasteiger partial charge is 0.310 e. The third kappa shape index (κ3) is 4.36. The lowest BCUT2D eigenvalue weighted by molar-refractivity contribution is 0.727. The first kappa shape index (κ1) is 28.0. The van der Waals surface area contributed by atoms with E-state index in [2.05, 4.69) is 172 Å². The fraction of sp³-hybridized carbons (Fsp3) is 0.114. The highest BCUT2D eigenvalue weighted by atomic mass is 15.2. The van der Waals surface area contributed by atoms with Crippen molar-refractivity contribution in [3.8, 4) is 11.3 Å². The van der Waals surface area contributed by atoms with Crippen LogP contribution in [0.15, 0.2) is 146 Å². The monoisotopic (exact) mass is 592 g/mol. The fourth-order valence-electron chi connectivity index (χ4n) is 7.84. The number of aryl methyl sites for hydroxylation is 4. The molecule has 0 spiro atoms. The molecule has 7 aromatic rings. The number of hydrogen-bond donors (Lipinski definition) is 0. The van der Waals surface area contributed by atoms with E-state index in [9.17, 15) is 0 Å². The van der Waals surface area contributed by atoms with E-state index < -0.39 is 5.41 Å². The van der Waals surface area contributed by atoms with Crippen LogP contribution in [0, 0.1) is 27.7 Å². The average molecular weight is 593 g/mol. The molecule has 0 amide bonds. The normalized spacial score (nSPS) is 13.3. The molecule has 0 saturated heterocycles. The van der Waals surface area contributed by atoms with Gasteiger partial charge in [0.25, 0.3) is 0 Å². The van der Waals surface area contributed by atoms with Crippen LogP contribution in [0.2, 0.25) is 0 Å². The van der Waals surface area contributed by atoms with Crippen LogP contribution in [0.5, 0.6) is 0 Å². The van der Waals surface area contributed by atoms with Crippen molar-refractivity contribution in [2.75, 3.05) is 4.90 Å². The summed E-state index contributed by atoms with van der Waals surface area (Å²) in [6, 6.07) is 51.5. The van der Waals surface area contributed by atoms with Gasteiger partial charge in [0.2, 0.25) is 0 Å². The van der Waals surface area contributed by atoms with E-state index in [-0.39, 0.29) is 0 Å². The van der Waals surface area contributed by atoms with Crippen LogP contribution in [0.3, 0.4) is 0 Å². The highest BCUT2D eigenvalue weighted by molar-refractivity contribution is 5.96. The molecule has 6 aromatic carbocycles. The highest BCUT2D eigenvalue weighted by Gasteiger charge is 2.46. The lowest BCUT2D eigenvalue weighted by Crippen LogP contribution is -2.38. The number of anilines is 3. The van der Waals surface area contributed by atoms with Crippen LogP contribution in [0.4, 0.5) is 17.1 Å². The predicted molar refractivity (Wildman–Crippen MR) is 193 cm³/mol. The van der Waals surface area contributed by atoms with E-state index >= 15 is 0 Å². The van der Waals surface area contributed by atoms with Crippen LogP contribution >= 0.6 is 0 Å². The van der Waals surface area contributed by atoms with Crippen molar-refractivity contribution in [2.24, 2.45) is 0 Å². The Bertz CT molecular complexity index is 2130. The maximum absolute atomic E-state index is 4.87. The smallest absolute Gasteiger partial charge is 0.0781 e. The molecule has 1 aliphatic heterocycles. The SMILES string of the molecule is Cc1cc(C)cc(C2(c3cc(C)cc(C)c3)c3ccccc3N(c3cccc(-c4nccc5ccccc45)c3)c3ccccc32)c1. The summed E-state index contributed by atoms with van der Waals surface area (Å²) < 4.78 is 0. The molecule has 0 unspecified atom stereocenters. The summed E-state index contributed by atoms with van der Waals surface area (Å²) in [6.45, 7) is 8.85. The van der Waals surface area contributed by atoms with Crippen LogP contribution in [-0.2, 0) is 5.41 Å². The minimum atomic E-state index is -0.508. The zero-order valence-electron chi connectivity index (χ0n) is 26.8. The van der Waals surface area contributed by atoms with E-state index in [0.717, 1.165) is 22.3 Å². The predicted octanol–water partition coefficient (Wildman–Crippen LogP) is 11.3. The van der Waals surface area contributed by atoms with Gasteiger partial charge in [-0.1, -0.05) is 131 Å². The number of hydrogen-bond acceptors (Lipinski definition) is 2. The molecule has 2 heterocycles. The summed E-state index contributed by atoms with van der Waals surface area (Å²) in [7, 11) is 0. The van der Waals surface area contributed by atoms with Gasteiger partial charge in [0.05, 0.1) is 22.5 Å². The Labute approximate surface area is 271 Å². The average Bonchev–Trinajstić information content (AvgIpc) is 3.06. The van der Waals surface area contributed by atoms with Gasteiger partial charge in [-0.25, -0.2) is 0 Å². The number of aromatic nitrogens is 1. The fourth-order valence-corrected chi connectivity index (χ4v) is 7.84. The van der Waals surface area contributed by atoms with E-state index in [0.29, 0.717) is 0 Å². The van der Waals surface area contributed by atoms with Crippen LogP contribution in [-0.4, -0.2) is 4.98 Å². The maximum Gasteiger partial charge on any atom is 0.0781 e. The molecule has 8 rings (SSSR count). The molecule has 46 heavy (non-hydrogen) atoms. The quantitative estimate of drug-likeness (QED) is 0.202. The highest BCUT2D eigenvalue weighted by Crippen LogP contribution is 2.58. The Morgan fingerprint density at radius 1 is 0.500 bits per heavy atom. The van der Waals surface area contributed by atoms with Gasteiger partial charge in [-0.3, -0.25) is 4.98 Å². The molecule has 0 saturated carbocycles. The molecule has 1 aromatic heterocycles. The lowest BCUT2D eigenvalue weighted by atomic mass is 9.61. The molecule has 1 aliphatic rings. The standard InChI is InChI=1S/C44H36N2/c1-29-22-30(2)25-35(24-29)44(36-26-31(3)23-32(4)27-36)39-16-7-9-18-41(39)46(42-19-10-8-17-40(42)44)37-14-11-13-34(28-37)43-38-15-6-5-12-33(38)20-21-45-43/h5-28H,1-4H3. The number of rotatable bonds is 4. The van der Waals surface area contributed by atoms with E-state index in [1.165, 1.54) is 61.3 Å². The molecular formula is C44H36N2. The van der Waals surface area contributed by atoms with Crippen molar-refractivity contribution in [1.29, 1.82) is 0 Å². The Balaban J connectivity index is 1.44. The topological polar surface area (TPSA) is 16.1 Å². The maximum atomic E-state index is 4.87. The summed E-state index contributed by atoms with van der Waals surface area (Å²) in [4.78, 5) is 7.32. The Hall–Kier alpha value is -5.47. The van der Waals surface area contributed by atoms with Crippen molar-refractivity contribution in [3.63, 3.8) is 0 Å². The zero-order valence-corrected chi connectivity index (χ0v) is 26.8. The summed E-state index contributed by atoms with van der Waals surface area (Å²) in [5.74, 6) is 0. The van der Waals surface area contributed by atoms with Gasteiger partial charge in [0.1, 0.15) is 0 Å². The van der Waals surface area contributed by atoms with Crippen LogP contribution < -0.4 is 4.90 Å². The van der Waals surface area contributed by atoms with Gasteiger partial charge in [0, 0.05) is 22.8 Å². The first-order valence-electron chi connectivity index (χ1n) is 16.0. The summed E-state index contributed by atoms with van der Waals surface area (Å²) in [6.07, 6.45) is 1.91. The van der Waals surface area contributed by atoms with Crippen LogP contribution in [0.25, 0.3) is 22.0 Å². The number of nitrogens with zero attached hydrogens (tertiary/aromatic N) is 2. The summed E-state index contributed by atoms with van der Waals surface area (Å²) in [5.41, 5.74) is 15.3. The molecule has 2 nitrogen and oxygen atoms in total. The Kier molecular flexibility index (Phi) is 6.62. The van der Waals surface area contributed by atoms with Crippen molar-refractivity contribution >= 4 is 27.8 Å². The molecule has 2 heteroatoms. The first-order chi connectivity index (χ1) is 22.4. The third-order valence-electron chi connectivity index (χ3n) is 9.46. The first-order valence-corrected chi connectivity index (χ1v) is 16.0. The van der Waals surface area contributed by atoms with Gasteiger partial charge >= 0.3 is 0 Å². The second-order valence-electron chi connectivity index (χ2n) is 12.8. The minimum absolute atomic E-state index is 0.508. The number of para-hydroxylation sites is 2. The summed E-state index contributed by atoms with van der Waals surface area (Å²) in [5, 5.41) is 2.35. The van der Waals surface area contributed by atoms with Crippen LogP contribution in [0.1, 0.15) is 44.5 Å². The second-order valence-corrected chi connectivity index (χ2v) is 12.8. The van der Waals surface area contributed by atoms with Gasteiger partial charge in [-0.15, -0.1) is 0 Å². The lowest BCUT2D eigenvalue weighted by Gasteiger charge is -2.47. The van der Waals surface area contributed by atoms with Crippen molar-refractivity contribution < 1.29 is 0 Å². The molecular weight excluding hydrogens is 556 g/mol. The molecule has 222 valence electrons. The Morgan fingerprint density at radius 2 is 1.04 bits per heavy atom. The second kappa shape index (κ2) is 10.9. The van der Waals surface area contributed by atoms with Crippen molar-refractivity contribution in [1.82, 2.24) is 4.98 Å². The molecule has 0 bridgehead atoms. The number of benzene rings is 6. The molecule has 0 atom stereocenters. The number of fused-ring (bicyclic) bond motifs is 3. The van der Waals surface area contributed by atoms with Gasteiger partial charge in [-0.2, -0.15) is 0 Å². The minimum Gasteiger partial charge on any atom is -0.310 e. The summed E-state index contributed by atoms with van der Waals surface area (Å²) >= 11 is 0. The zero-order chi connectivity index (χ0) is 31.4. The van der Waals surface area contributed by atoms with E-state index in [4.69, 9.17) is 4.98 Å².